The molecule has 0 bridgehead atoms. The van der Waals surface area contributed by atoms with Crippen LogP contribution in [0.1, 0.15) is 25.6 Å². The van der Waals surface area contributed by atoms with E-state index in [9.17, 15) is 4.79 Å². The van der Waals surface area contributed by atoms with Crippen LogP contribution in [0.3, 0.4) is 0 Å². The van der Waals surface area contributed by atoms with Crippen molar-refractivity contribution in [1.82, 2.24) is 9.47 Å². The van der Waals surface area contributed by atoms with Gasteiger partial charge in [0.1, 0.15) is 0 Å². The summed E-state index contributed by atoms with van der Waals surface area (Å²) in [6.45, 7) is 5.92. The zero-order valence-corrected chi connectivity index (χ0v) is 14.6. The molecule has 4 nitrogen and oxygen atoms in total. The molecule has 1 aliphatic heterocycles. The lowest BCUT2D eigenvalue weighted by Crippen LogP contribution is -2.45. The van der Waals surface area contributed by atoms with E-state index in [4.69, 9.17) is 0 Å². The highest BCUT2D eigenvalue weighted by Crippen LogP contribution is 2.32. The SMILES string of the molecule is CSc1cccc(NC(=O)N2CCn3cccc3C2C(C)C)c1. The molecule has 2 heterocycles. The molecule has 1 unspecified atom stereocenters. The summed E-state index contributed by atoms with van der Waals surface area (Å²) >= 11 is 1.67. The van der Waals surface area contributed by atoms with Crippen LogP contribution in [0.5, 0.6) is 0 Å². The van der Waals surface area contributed by atoms with E-state index in [0.717, 1.165) is 23.7 Å². The van der Waals surface area contributed by atoms with E-state index in [0.29, 0.717) is 5.92 Å². The summed E-state index contributed by atoms with van der Waals surface area (Å²) in [5.74, 6) is 0.368. The number of hydrogen-bond donors (Lipinski definition) is 1. The summed E-state index contributed by atoms with van der Waals surface area (Å²) in [6.07, 6.45) is 4.14. The summed E-state index contributed by atoms with van der Waals surface area (Å²) in [6, 6.07) is 12.3. The van der Waals surface area contributed by atoms with Gasteiger partial charge >= 0.3 is 6.03 Å². The Labute approximate surface area is 141 Å². The molecule has 0 aliphatic carbocycles. The molecule has 3 rings (SSSR count). The fourth-order valence-corrected chi connectivity index (χ4v) is 3.70. The Morgan fingerprint density at radius 1 is 1.26 bits per heavy atom. The number of nitrogens with one attached hydrogen (secondary N) is 1. The number of aromatic nitrogens is 1. The lowest BCUT2D eigenvalue weighted by molar-refractivity contribution is 0.144. The number of carbonyl (C=O) groups excluding carboxylic acids is 1. The van der Waals surface area contributed by atoms with Crippen molar-refractivity contribution in [3.8, 4) is 0 Å². The van der Waals surface area contributed by atoms with Gasteiger partial charge in [-0.15, -0.1) is 11.8 Å². The van der Waals surface area contributed by atoms with Crippen LogP contribution >= 0.6 is 11.8 Å². The van der Waals surface area contributed by atoms with Crippen LogP contribution in [-0.2, 0) is 6.54 Å². The van der Waals surface area contributed by atoms with Crippen molar-refractivity contribution in [2.24, 2.45) is 5.92 Å². The van der Waals surface area contributed by atoms with Gasteiger partial charge in [0.15, 0.2) is 0 Å². The topological polar surface area (TPSA) is 37.3 Å². The Bertz CT molecular complexity index is 695. The number of fused-ring (bicyclic) bond motifs is 1. The maximum Gasteiger partial charge on any atom is 0.322 e. The van der Waals surface area contributed by atoms with Gasteiger partial charge < -0.3 is 14.8 Å². The molecule has 0 saturated carbocycles. The number of rotatable bonds is 3. The lowest BCUT2D eigenvalue weighted by atomic mass is 9.97. The molecule has 1 aromatic heterocycles. The average Bonchev–Trinajstić information content (AvgIpc) is 3.02. The molecule has 0 fully saturated rings. The summed E-state index contributed by atoms with van der Waals surface area (Å²) in [5.41, 5.74) is 2.07. The molecular weight excluding hydrogens is 306 g/mol. The maximum absolute atomic E-state index is 12.8. The molecular formula is C18H23N3OS. The molecule has 2 amide bonds. The van der Waals surface area contributed by atoms with E-state index in [-0.39, 0.29) is 12.1 Å². The Hall–Kier alpha value is -1.88. The largest absolute Gasteiger partial charge is 0.348 e. The number of amides is 2. The smallest absolute Gasteiger partial charge is 0.322 e. The fraction of sp³-hybridized carbons (Fsp3) is 0.389. The van der Waals surface area contributed by atoms with Crippen LogP contribution in [0.2, 0.25) is 0 Å². The molecule has 0 radical (unpaired) electrons. The zero-order valence-electron chi connectivity index (χ0n) is 13.8. The van der Waals surface area contributed by atoms with E-state index >= 15 is 0 Å². The minimum absolute atomic E-state index is 0.0191. The van der Waals surface area contributed by atoms with E-state index in [1.807, 2.05) is 35.4 Å². The van der Waals surface area contributed by atoms with Gasteiger partial charge in [0, 0.05) is 35.6 Å². The van der Waals surface area contributed by atoms with Crippen molar-refractivity contribution in [2.45, 2.75) is 31.3 Å². The van der Waals surface area contributed by atoms with Crippen LogP contribution in [0.25, 0.3) is 0 Å². The molecule has 1 atom stereocenters. The predicted octanol–water partition coefficient (Wildman–Crippen LogP) is 4.45. The first-order valence-electron chi connectivity index (χ1n) is 7.97. The van der Waals surface area contributed by atoms with Crippen molar-refractivity contribution in [1.29, 1.82) is 0 Å². The van der Waals surface area contributed by atoms with Gasteiger partial charge in [-0.2, -0.15) is 0 Å². The van der Waals surface area contributed by atoms with Crippen molar-refractivity contribution in [2.75, 3.05) is 18.1 Å². The van der Waals surface area contributed by atoms with Crippen LogP contribution < -0.4 is 5.32 Å². The standard InChI is InChI=1S/C18H23N3OS/c1-13(2)17-16-8-5-9-20(16)10-11-21(17)18(22)19-14-6-4-7-15(12-14)23-3/h4-9,12-13,17H,10-11H2,1-3H3,(H,19,22). The number of anilines is 1. The molecule has 1 N–H and O–H groups in total. The van der Waals surface area contributed by atoms with Gasteiger partial charge in [-0.25, -0.2) is 4.79 Å². The number of hydrogen-bond acceptors (Lipinski definition) is 2. The highest BCUT2D eigenvalue weighted by Gasteiger charge is 2.32. The molecule has 0 spiro atoms. The summed E-state index contributed by atoms with van der Waals surface area (Å²) < 4.78 is 2.25. The van der Waals surface area contributed by atoms with E-state index < -0.39 is 0 Å². The Morgan fingerprint density at radius 3 is 2.83 bits per heavy atom. The highest BCUT2D eigenvalue weighted by atomic mass is 32.2. The van der Waals surface area contributed by atoms with Crippen molar-refractivity contribution < 1.29 is 4.79 Å². The van der Waals surface area contributed by atoms with Gasteiger partial charge in [-0.3, -0.25) is 0 Å². The van der Waals surface area contributed by atoms with Crippen LogP contribution in [-0.4, -0.2) is 28.3 Å². The molecule has 23 heavy (non-hydrogen) atoms. The normalized spacial score (nSPS) is 17.2. The van der Waals surface area contributed by atoms with Crippen molar-refractivity contribution in [3.63, 3.8) is 0 Å². The molecule has 2 aromatic rings. The van der Waals surface area contributed by atoms with Gasteiger partial charge in [0.25, 0.3) is 0 Å². The van der Waals surface area contributed by atoms with Crippen molar-refractivity contribution >= 4 is 23.5 Å². The first-order chi connectivity index (χ1) is 11.1. The Balaban J connectivity index is 1.81. The summed E-state index contributed by atoms with van der Waals surface area (Å²) in [7, 11) is 0. The zero-order chi connectivity index (χ0) is 16.4. The number of benzene rings is 1. The number of nitrogens with zero attached hydrogens (tertiary/aromatic N) is 2. The second kappa shape index (κ2) is 6.71. The van der Waals surface area contributed by atoms with Gasteiger partial charge in [-0.1, -0.05) is 19.9 Å². The van der Waals surface area contributed by atoms with Crippen LogP contribution in [0, 0.1) is 5.92 Å². The molecule has 1 aliphatic rings. The maximum atomic E-state index is 12.8. The second-order valence-electron chi connectivity index (χ2n) is 6.17. The number of urea groups is 1. The predicted molar refractivity (Wildman–Crippen MR) is 96.0 cm³/mol. The quantitative estimate of drug-likeness (QED) is 0.845. The molecule has 0 saturated heterocycles. The van der Waals surface area contributed by atoms with Crippen LogP contribution in [0.4, 0.5) is 10.5 Å². The van der Waals surface area contributed by atoms with E-state index in [1.165, 1.54) is 5.69 Å². The van der Waals surface area contributed by atoms with Gasteiger partial charge in [0.05, 0.1) is 6.04 Å². The monoisotopic (exact) mass is 329 g/mol. The molecule has 5 heteroatoms. The molecule has 122 valence electrons. The Kier molecular flexibility index (Phi) is 4.66. The minimum atomic E-state index is -0.0191. The third-order valence-electron chi connectivity index (χ3n) is 4.30. The second-order valence-corrected chi connectivity index (χ2v) is 7.05. The third-order valence-corrected chi connectivity index (χ3v) is 5.02. The molecule has 1 aromatic carbocycles. The van der Waals surface area contributed by atoms with Gasteiger partial charge in [0.2, 0.25) is 0 Å². The average molecular weight is 329 g/mol. The van der Waals surface area contributed by atoms with E-state index in [1.54, 1.807) is 11.8 Å². The highest BCUT2D eigenvalue weighted by molar-refractivity contribution is 7.98. The third kappa shape index (κ3) is 3.24. The van der Waals surface area contributed by atoms with E-state index in [2.05, 4.69) is 42.1 Å². The first-order valence-corrected chi connectivity index (χ1v) is 9.19. The van der Waals surface area contributed by atoms with Crippen LogP contribution in [0.15, 0.2) is 47.5 Å². The summed E-state index contributed by atoms with van der Waals surface area (Å²) in [5, 5.41) is 3.06. The first kappa shape index (κ1) is 16.0. The van der Waals surface area contributed by atoms with Crippen molar-refractivity contribution in [3.05, 3.63) is 48.3 Å². The lowest BCUT2D eigenvalue weighted by Gasteiger charge is -2.39. The number of carbonyl (C=O) groups is 1. The number of thioether (sulfide) groups is 1. The minimum Gasteiger partial charge on any atom is -0.348 e. The fourth-order valence-electron chi connectivity index (χ4n) is 3.24. The Morgan fingerprint density at radius 2 is 2.09 bits per heavy atom. The summed E-state index contributed by atoms with van der Waals surface area (Å²) in [4.78, 5) is 15.9. The van der Waals surface area contributed by atoms with Gasteiger partial charge in [-0.05, 0) is 42.5 Å².